The Bertz CT molecular complexity index is 851. The molecule has 0 unspecified atom stereocenters. The number of hydrogen-bond donors (Lipinski definition) is 3. The fourth-order valence-corrected chi connectivity index (χ4v) is 2.32. The van der Waals surface area contributed by atoms with Gasteiger partial charge in [-0.15, -0.1) is 0 Å². The first-order chi connectivity index (χ1) is 14.6. The molecule has 0 atom stereocenters. The van der Waals surface area contributed by atoms with Gasteiger partial charge in [0.05, 0.1) is 6.21 Å². The van der Waals surface area contributed by atoms with Crippen molar-refractivity contribution in [1.82, 2.24) is 16.1 Å². The summed E-state index contributed by atoms with van der Waals surface area (Å²) in [5.41, 5.74) is 3.89. The summed E-state index contributed by atoms with van der Waals surface area (Å²) in [7, 11) is 0. The van der Waals surface area contributed by atoms with Crippen LogP contribution < -0.4 is 20.8 Å². The van der Waals surface area contributed by atoms with Crippen LogP contribution in [-0.4, -0.2) is 37.1 Å². The molecule has 158 valence electrons. The van der Waals surface area contributed by atoms with Crippen LogP contribution in [0.25, 0.3) is 0 Å². The van der Waals surface area contributed by atoms with E-state index in [9.17, 15) is 14.4 Å². The van der Waals surface area contributed by atoms with Gasteiger partial charge in [-0.25, -0.2) is 5.43 Å². The van der Waals surface area contributed by atoms with Crippen molar-refractivity contribution in [1.29, 1.82) is 0 Å². The minimum atomic E-state index is -0.816. The van der Waals surface area contributed by atoms with Crippen LogP contribution in [-0.2, 0) is 20.9 Å². The number of nitrogens with one attached hydrogen (secondary N) is 3. The highest BCUT2D eigenvalue weighted by molar-refractivity contribution is 6.35. The van der Waals surface area contributed by atoms with Gasteiger partial charge in [-0.3, -0.25) is 14.4 Å². The normalized spacial score (nSPS) is 10.4. The molecule has 30 heavy (non-hydrogen) atoms. The molecule has 0 aliphatic carbocycles. The predicted molar refractivity (Wildman–Crippen MR) is 114 cm³/mol. The molecule has 0 radical (unpaired) electrons. The quantitative estimate of drug-likeness (QED) is 0.240. The van der Waals surface area contributed by atoms with Crippen LogP contribution in [0.15, 0.2) is 59.7 Å². The van der Waals surface area contributed by atoms with Crippen LogP contribution in [0.3, 0.4) is 0 Å². The molecule has 0 bridgehead atoms. The Labute approximate surface area is 175 Å². The van der Waals surface area contributed by atoms with Crippen molar-refractivity contribution in [2.75, 3.05) is 13.2 Å². The third-order valence-corrected chi connectivity index (χ3v) is 3.98. The van der Waals surface area contributed by atoms with Gasteiger partial charge in [0.25, 0.3) is 5.91 Å². The number of carbonyl (C=O) groups is 3. The van der Waals surface area contributed by atoms with E-state index in [0.29, 0.717) is 24.4 Å². The number of ether oxygens (including phenoxy) is 1. The predicted octanol–water partition coefficient (Wildman–Crippen LogP) is 1.75. The number of nitrogens with zero attached hydrogens (tertiary/aromatic N) is 1. The van der Waals surface area contributed by atoms with Crippen LogP contribution in [0.4, 0.5) is 0 Å². The SMILES string of the molecule is CCCCNC(=O)C(=O)N/N=C\c1ccc(OCC(=O)NCc2ccccc2)cc1. The molecule has 3 N–H and O–H groups in total. The Kier molecular flexibility index (Phi) is 9.58. The molecule has 3 amide bonds. The minimum absolute atomic E-state index is 0.0938. The first kappa shape index (κ1) is 22.6. The van der Waals surface area contributed by atoms with E-state index in [1.807, 2.05) is 37.3 Å². The second kappa shape index (κ2) is 12.7. The van der Waals surface area contributed by atoms with Crippen molar-refractivity contribution in [3.8, 4) is 5.75 Å². The number of rotatable bonds is 10. The molecule has 2 aromatic rings. The molecule has 2 rings (SSSR count). The molecule has 0 fully saturated rings. The first-order valence-electron chi connectivity index (χ1n) is 9.73. The van der Waals surface area contributed by atoms with E-state index < -0.39 is 11.8 Å². The largest absolute Gasteiger partial charge is 0.484 e. The number of amides is 3. The van der Waals surface area contributed by atoms with Gasteiger partial charge in [0.15, 0.2) is 6.61 Å². The van der Waals surface area contributed by atoms with Crippen molar-refractivity contribution in [3.05, 3.63) is 65.7 Å². The number of unbranched alkanes of at least 4 members (excludes halogenated alkanes) is 1. The third kappa shape index (κ3) is 8.55. The summed E-state index contributed by atoms with van der Waals surface area (Å²) in [5.74, 6) is -1.22. The van der Waals surface area contributed by atoms with Crippen molar-refractivity contribution >= 4 is 23.9 Å². The molecule has 0 aliphatic rings. The summed E-state index contributed by atoms with van der Waals surface area (Å²) >= 11 is 0. The molecule has 8 heteroatoms. The Hall–Kier alpha value is -3.68. The van der Waals surface area contributed by atoms with E-state index in [1.165, 1.54) is 6.21 Å². The molecule has 0 spiro atoms. The van der Waals surface area contributed by atoms with Crippen LogP contribution in [0.5, 0.6) is 5.75 Å². The van der Waals surface area contributed by atoms with Crippen molar-refractivity contribution < 1.29 is 19.1 Å². The van der Waals surface area contributed by atoms with Crippen LogP contribution in [0.1, 0.15) is 30.9 Å². The van der Waals surface area contributed by atoms with Gasteiger partial charge in [-0.05, 0) is 41.8 Å². The Morgan fingerprint density at radius 3 is 2.40 bits per heavy atom. The number of benzene rings is 2. The zero-order chi connectivity index (χ0) is 21.6. The fraction of sp³-hybridized carbons (Fsp3) is 0.273. The molecule has 0 heterocycles. The maximum absolute atomic E-state index is 11.9. The zero-order valence-electron chi connectivity index (χ0n) is 16.9. The summed E-state index contributed by atoms with van der Waals surface area (Å²) < 4.78 is 5.45. The van der Waals surface area contributed by atoms with E-state index >= 15 is 0 Å². The molecular weight excluding hydrogens is 384 g/mol. The molecule has 8 nitrogen and oxygen atoms in total. The lowest BCUT2D eigenvalue weighted by molar-refractivity contribution is -0.139. The lowest BCUT2D eigenvalue weighted by Crippen LogP contribution is -2.38. The van der Waals surface area contributed by atoms with E-state index in [2.05, 4.69) is 21.2 Å². The molecule has 0 aromatic heterocycles. The fourth-order valence-electron chi connectivity index (χ4n) is 2.32. The Morgan fingerprint density at radius 1 is 0.967 bits per heavy atom. The highest BCUT2D eigenvalue weighted by atomic mass is 16.5. The van der Waals surface area contributed by atoms with E-state index in [4.69, 9.17) is 4.74 Å². The van der Waals surface area contributed by atoms with Crippen molar-refractivity contribution in [2.45, 2.75) is 26.3 Å². The van der Waals surface area contributed by atoms with Gasteiger partial charge in [-0.1, -0.05) is 43.7 Å². The number of hydrazone groups is 1. The topological polar surface area (TPSA) is 109 Å². The summed E-state index contributed by atoms with van der Waals surface area (Å²) in [4.78, 5) is 35.0. The standard InChI is InChI=1S/C22H26N4O4/c1-2-3-13-23-21(28)22(29)26-25-15-18-9-11-19(12-10-18)30-16-20(27)24-14-17-7-5-4-6-8-17/h4-12,15H,2-3,13-14,16H2,1H3,(H,23,28)(H,24,27)(H,26,29)/b25-15-. The molecule has 2 aromatic carbocycles. The van der Waals surface area contributed by atoms with E-state index in [1.54, 1.807) is 24.3 Å². The van der Waals surface area contributed by atoms with Gasteiger partial charge < -0.3 is 15.4 Å². The lowest BCUT2D eigenvalue weighted by Gasteiger charge is -2.08. The van der Waals surface area contributed by atoms with Crippen molar-refractivity contribution in [2.24, 2.45) is 5.10 Å². The molecular formula is C22H26N4O4. The van der Waals surface area contributed by atoms with Gasteiger partial charge in [-0.2, -0.15) is 5.10 Å². The maximum Gasteiger partial charge on any atom is 0.329 e. The molecule has 0 saturated carbocycles. The average molecular weight is 410 g/mol. The van der Waals surface area contributed by atoms with Crippen LogP contribution in [0, 0.1) is 0 Å². The summed E-state index contributed by atoms with van der Waals surface area (Å²) in [6.45, 7) is 2.80. The van der Waals surface area contributed by atoms with Gasteiger partial charge in [0.1, 0.15) is 5.75 Å². The van der Waals surface area contributed by atoms with Gasteiger partial charge in [0.2, 0.25) is 0 Å². The summed E-state index contributed by atoms with van der Waals surface area (Å²) in [5, 5.41) is 9.05. The molecule has 0 aliphatic heterocycles. The highest BCUT2D eigenvalue weighted by Crippen LogP contribution is 2.11. The Morgan fingerprint density at radius 2 is 1.70 bits per heavy atom. The van der Waals surface area contributed by atoms with E-state index in [-0.39, 0.29) is 12.5 Å². The molecule has 0 saturated heterocycles. The smallest absolute Gasteiger partial charge is 0.329 e. The van der Waals surface area contributed by atoms with Gasteiger partial charge in [0, 0.05) is 13.1 Å². The number of carbonyl (C=O) groups excluding carboxylic acids is 3. The van der Waals surface area contributed by atoms with Crippen LogP contribution >= 0.6 is 0 Å². The maximum atomic E-state index is 11.9. The second-order valence-electron chi connectivity index (χ2n) is 6.43. The summed E-state index contributed by atoms with van der Waals surface area (Å²) in [6, 6.07) is 16.4. The summed E-state index contributed by atoms with van der Waals surface area (Å²) in [6.07, 6.45) is 3.15. The van der Waals surface area contributed by atoms with Gasteiger partial charge >= 0.3 is 11.8 Å². The van der Waals surface area contributed by atoms with E-state index in [0.717, 1.165) is 18.4 Å². The first-order valence-corrected chi connectivity index (χ1v) is 9.73. The third-order valence-electron chi connectivity index (χ3n) is 3.98. The second-order valence-corrected chi connectivity index (χ2v) is 6.43. The average Bonchev–Trinajstić information content (AvgIpc) is 2.77. The highest BCUT2D eigenvalue weighted by Gasteiger charge is 2.10. The monoisotopic (exact) mass is 410 g/mol. The minimum Gasteiger partial charge on any atom is -0.484 e. The lowest BCUT2D eigenvalue weighted by atomic mass is 10.2. The van der Waals surface area contributed by atoms with Crippen LogP contribution in [0.2, 0.25) is 0 Å². The Balaban J connectivity index is 1.70. The zero-order valence-corrected chi connectivity index (χ0v) is 16.9. The number of hydrogen-bond acceptors (Lipinski definition) is 5. The van der Waals surface area contributed by atoms with Crippen molar-refractivity contribution in [3.63, 3.8) is 0 Å².